The van der Waals surface area contributed by atoms with Crippen LogP contribution in [0.15, 0.2) is 0 Å². The fourth-order valence-corrected chi connectivity index (χ4v) is 3.28. The van der Waals surface area contributed by atoms with Gasteiger partial charge in [0.1, 0.15) is 6.17 Å². The number of halogens is 3. The van der Waals surface area contributed by atoms with Gasteiger partial charge in [-0.05, 0) is 18.6 Å². The molecule has 0 saturated carbocycles. The van der Waals surface area contributed by atoms with E-state index in [1.165, 1.54) is 25.7 Å². The third-order valence-electron chi connectivity index (χ3n) is 4.21. The number of amides is 1. The molecule has 1 aliphatic heterocycles. The number of nitrogens with zero attached hydrogens (tertiary/aromatic N) is 1. The second-order valence-corrected chi connectivity index (χ2v) is 9.22. The van der Waals surface area contributed by atoms with Crippen molar-refractivity contribution in [3.05, 3.63) is 0 Å². The maximum absolute atomic E-state index is 12.2. The summed E-state index contributed by atoms with van der Waals surface area (Å²) in [5.74, 6) is -0.146. The monoisotopic (exact) mass is 445 g/mol. The van der Waals surface area contributed by atoms with Gasteiger partial charge in [-0.25, -0.2) is 0 Å². The Morgan fingerprint density at radius 3 is 2.23 bits per heavy atom. The van der Waals surface area contributed by atoms with Gasteiger partial charge in [0.05, 0.1) is 13.2 Å². The fourth-order valence-electron chi connectivity index (χ4n) is 2.66. The van der Waals surface area contributed by atoms with E-state index in [0.717, 1.165) is 19.3 Å². The van der Waals surface area contributed by atoms with Gasteiger partial charge in [0.25, 0.3) is 0 Å². The van der Waals surface area contributed by atoms with E-state index in [4.69, 9.17) is 51.8 Å². The zero-order valence-corrected chi connectivity index (χ0v) is 18.5. The standard InChI is InChI=1S/C17H30Cl3N3O2S/c1-2-3-4-5-6-7-8-9-14(24)21-15(17(18,19)20)22-16(26)23-10-12-25-13-11-23/h15H,2-13H2,1H3,(H,21,24)(H,22,26)/t15-/m1/s1. The number of rotatable bonds is 10. The van der Waals surface area contributed by atoms with Crippen molar-refractivity contribution in [2.45, 2.75) is 68.2 Å². The number of hydrogen-bond donors (Lipinski definition) is 2. The summed E-state index contributed by atoms with van der Waals surface area (Å²) in [6.45, 7) is 4.74. The van der Waals surface area contributed by atoms with E-state index in [9.17, 15) is 4.79 Å². The highest BCUT2D eigenvalue weighted by atomic mass is 35.6. The van der Waals surface area contributed by atoms with Crippen molar-refractivity contribution in [3.63, 3.8) is 0 Å². The number of carbonyl (C=O) groups excluding carboxylic acids is 1. The molecule has 1 atom stereocenters. The topological polar surface area (TPSA) is 53.6 Å². The molecular formula is C17H30Cl3N3O2S. The molecule has 1 amide bonds. The van der Waals surface area contributed by atoms with Gasteiger partial charge in [-0.1, -0.05) is 80.3 Å². The average molecular weight is 447 g/mol. The van der Waals surface area contributed by atoms with Crippen molar-refractivity contribution < 1.29 is 9.53 Å². The summed E-state index contributed by atoms with van der Waals surface area (Å²) >= 11 is 23.4. The molecule has 1 heterocycles. The Kier molecular flexibility index (Phi) is 12.2. The smallest absolute Gasteiger partial charge is 0.228 e. The molecule has 152 valence electrons. The molecule has 0 spiro atoms. The van der Waals surface area contributed by atoms with Crippen molar-refractivity contribution in [2.75, 3.05) is 26.3 Å². The first-order chi connectivity index (χ1) is 12.3. The van der Waals surface area contributed by atoms with Crippen LogP contribution in [0.5, 0.6) is 0 Å². The van der Waals surface area contributed by atoms with E-state index in [2.05, 4.69) is 17.6 Å². The van der Waals surface area contributed by atoms with Crippen molar-refractivity contribution in [1.82, 2.24) is 15.5 Å². The highest BCUT2D eigenvalue weighted by Gasteiger charge is 2.35. The summed E-state index contributed by atoms with van der Waals surface area (Å²) in [5.41, 5.74) is 0. The molecule has 1 rings (SSSR count). The summed E-state index contributed by atoms with van der Waals surface area (Å²) in [4.78, 5) is 14.1. The molecule has 0 aromatic carbocycles. The molecule has 1 aliphatic rings. The van der Waals surface area contributed by atoms with E-state index in [-0.39, 0.29) is 5.91 Å². The normalized spacial score (nSPS) is 16.2. The van der Waals surface area contributed by atoms with Crippen molar-refractivity contribution in [1.29, 1.82) is 0 Å². The molecular weight excluding hydrogens is 417 g/mol. The molecule has 1 fully saturated rings. The van der Waals surface area contributed by atoms with Crippen LogP contribution in [0, 0.1) is 0 Å². The number of hydrogen-bond acceptors (Lipinski definition) is 3. The van der Waals surface area contributed by atoms with Crippen LogP contribution < -0.4 is 10.6 Å². The molecule has 5 nitrogen and oxygen atoms in total. The number of ether oxygens (including phenoxy) is 1. The Morgan fingerprint density at radius 1 is 1.08 bits per heavy atom. The van der Waals surface area contributed by atoms with Crippen LogP contribution in [0.2, 0.25) is 0 Å². The van der Waals surface area contributed by atoms with Gasteiger partial charge >= 0.3 is 0 Å². The molecule has 0 bridgehead atoms. The minimum Gasteiger partial charge on any atom is -0.378 e. The molecule has 1 saturated heterocycles. The lowest BCUT2D eigenvalue weighted by Crippen LogP contribution is -2.59. The van der Waals surface area contributed by atoms with Gasteiger partial charge in [0.15, 0.2) is 5.11 Å². The fraction of sp³-hybridized carbons (Fsp3) is 0.882. The second kappa shape index (κ2) is 13.2. The zero-order chi connectivity index (χ0) is 19.4. The molecule has 0 unspecified atom stereocenters. The van der Waals surface area contributed by atoms with Crippen LogP contribution in [-0.4, -0.2) is 52.2 Å². The Labute approximate surface area is 177 Å². The second-order valence-electron chi connectivity index (χ2n) is 6.46. The Morgan fingerprint density at radius 2 is 1.65 bits per heavy atom. The lowest BCUT2D eigenvalue weighted by Gasteiger charge is -2.34. The predicted octanol–water partition coefficient (Wildman–Crippen LogP) is 4.15. The van der Waals surface area contributed by atoms with Gasteiger partial charge in [-0.3, -0.25) is 4.79 Å². The predicted molar refractivity (Wildman–Crippen MR) is 113 cm³/mol. The number of alkyl halides is 3. The summed E-state index contributed by atoms with van der Waals surface area (Å²) in [7, 11) is 0. The van der Waals surface area contributed by atoms with Crippen LogP contribution in [0.3, 0.4) is 0 Å². The van der Waals surface area contributed by atoms with E-state index >= 15 is 0 Å². The zero-order valence-electron chi connectivity index (χ0n) is 15.4. The summed E-state index contributed by atoms with van der Waals surface area (Å²) in [6.07, 6.45) is 7.56. The van der Waals surface area contributed by atoms with Gasteiger partial charge in [0, 0.05) is 19.5 Å². The lowest BCUT2D eigenvalue weighted by molar-refractivity contribution is -0.122. The number of thiocarbonyl (C=S) groups is 1. The largest absolute Gasteiger partial charge is 0.378 e. The van der Waals surface area contributed by atoms with Gasteiger partial charge < -0.3 is 20.3 Å². The van der Waals surface area contributed by atoms with Crippen molar-refractivity contribution in [3.8, 4) is 0 Å². The number of unbranched alkanes of at least 4 members (excludes halogenated alkanes) is 6. The minimum absolute atomic E-state index is 0.146. The lowest BCUT2D eigenvalue weighted by atomic mass is 10.1. The van der Waals surface area contributed by atoms with Gasteiger partial charge in [-0.2, -0.15) is 0 Å². The van der Waals surface area contributed by atoms with E-state index < -0.39 is 9.96 Å². The SMILES string of the molecule is CCCCCCCCCC(=O)N[C@H](NC(=S)N1CCOCC1)C(Cl)(Cl)Cl. The van der Waals surface area contributed by atoms with Crippen molar-refractivity contribution in [2.24, 2.45) is 0 Å². The third kappa shape index (κ3) is 10.4. The average Bonchev–Trinajstić information content (AvgIpc) is 2.60. The van der Waals surface area contributed by atoms with Crippen molar-refractivity contribution >= 4 is 58.0 Å². The van der Waals surface area contributed by atoms with Gasteiger partial charge in [0.2, 0.25) is 9.70 Å². The van der Waals surface area contributed by atoms with Crippen LogP contribution >= 0.6 is 47.0 Å². The summed E-state index contributed by atoms with van der Waals surface area (Å²) in [6, 6.07) is 0. The first-order valence-corrected chi connectivity index (χ1v) is 10.9. The van der Waals surface area contributed by atoms with Crippen LogP contribution in [0.4, 0.5) is 0 Å². The highest BCUT2D eigenvalue weighted by molar-refractivity contribution is 7.80. The highest BCUT2D eigenvalue weighted by Crippen LogP contribution is 2.29. The molecule has 0 aliphatic carbocycles. The molecule has 0 aromatic rings. The van der Waals surface area contributed by atoms with E-state index in [1.807, 2.05) is 4.90 Å². The Balaban J connectivity index is 2.34. The Hall–Kier alpha value is -0.0100. The molecule has 9 heteroatoms. The quantitative estimate of drug-likeness (QED) is 0.228. The maximum Gasteiger partial charge on any atom is 0.228 e. The van der Waals surface area contributed by atoms with E-state index in [1.54, 1.807) is 0 Å². The number of nitrogens with one attached hydrogen (secondary N) is 2. The first-order valence-electron chi connectivity index (χ1n) is 9.34. The van der Waals surface area contributed by atoms with Gasteiger partial charge in [-0.15, -0.1) is 0 Å². The molecule has 0 radical (unpaired) electrons. The van der Waals surface area contributed by atoms with Crippen LogP contribution in [0.1, 0.15) is 58.3 Å². The minimum atomic E-state index is -1.70. The number of carbonyl (C=O) groups is 1. The summed E-state index contributed by atoms with van der Waals surface area (Å²) < 4.78 is 3.59. The molecule has 2 N–H and O–H groups in total. The Bertz CT molecular complexity index is 430. The maximum atomic E-state index is 12.2. The number of morpholine rings is 1. The summed E-state index contributed by atoms with van der Waals surface area (Å²) in [5, 5.41) is 6.15. The van der Waals surface area contributed by atoms with E-state index in [0.29, 0.717) is 37.8 Å². The third-order valence-corrected chi connectivity index (χ3v) is 5.24. The van der Waals surface area contributed by atoms with Crippen LogP contribution in [-0.2, 0) is 9.53 Å². The first kappa shape index (κ1) is 24.0. The molecule has 0 aromatic heterocycles. The molecule has 26 heavy (non-hydrogen) atoms. The van der Waals surface area contributed by atoms with Crippen LogP contribution in [0.25, 0.3) is 0 Å².